The first-order valence-corrected chi connectivity index (χ1v) is 11.7. The molecule has 0 radical (unpaired) electrons. The largest absolute Gasteiger partial charge is 0.459 e. The number of nitrogens with zero attached hydrogens (tertiary/aromatic N) is 1. The maximum atomic E-state index is 13.9. The summed E-state index contributed by atoms with van der Waals surface area (Å²) in [6, 6.07) is 21.5. The van der Waals surface area contributed by atoms with Gasteiger partial charge in [-0.25, -0.2) is 9.69 Å². The highest BCUT2D eigenvalue weighted by molar-refractivity contribution is 6.24. The Balaban J connectivity index is 1.48. The Hall–Kier alpha value is -4.06. The molecule has 1 heterocycles. The third-order valence-corrected chi connectivity index (χ3v) is 7.57. The normalized spacial score (nSPS) is 25.8. The van der Waals surface area contributed by atoms with Crippen LogP contribution in [-0.4, -0.2) is 30.2 Å². The lowest BCUT2D eigenvalue weighted by molar-refractivity contribution is -0.128. The second-order valence-corrected chi connectivity index (χ2v) is 9.66. The number of imide groups is 1. The van der Waals surface area contributed by atoms with E-state index in [1.807, 2.05) is 48.5 Å². The van der Waals surface area contributed by atoms with Crippen LogP contribution in [0.1, 0.15) is 52.4 Å². The number of ether oxygens (including phenoxy) is 1. The van der Waals surface area contributed by atoms with E-state index in [0.29, 0.717) is 11.3 Å². The van der Waals surface area contributed by atoms with Crippen molar-refractivity contribution in [2.45, 2.75) is 31.3 Å². The van der Waals surface area contributed by atoms with E-state index in [4.69, 9.17) is 4.74 Å². The van der Waals surface area contributed by atoms with Gasteiger partial charge in [0.2, 0.25) is 11.8 Å². The van der Waals surface area contributed by atoms with Crippen LogP contribution in [0.4, 0.5) is 5.69 Å². The zero-order valence-electron chi connectivity index (χ0n) is 19.3. The molecule has 0 saturated carbocycles. The van der Waals surface area contributed by atoms with Crippen LogP contribution in [0.25, 0.3) is 0 Å². The molecule has 2 amide bonds. The van der Waals surface area contributed by atoms with Gasteiger partial charge in [0.15, 0.2) is 0 Å². The average molecular weight is 466 g/mol. The highest BCUT2D eigenvalue weighted by atomic mass is 16.5. The van der Waals surface area contributed by atoms with Crippen LogP contribution in [0.3, 0.4) is 0 Å². The fourth-order valence-electron chi connectivity index (χ4n) is 6.31. The molecule has 2 atom stereocenters. The number of rotatable bonds is 4. The number of hydrogen-bond donors (Lipinski definition) is 0. The van der Waals surface area contributed by atoms with Crippen molar-refractivity contribution < 1.29 is 23.9 Å². The zero-order valence-corrected chi connectivity index (χ0v) is 19.3. The molecule has 0 N–H and O–H groups in total. The summed E-state index contributed by atoms with van der Waals surface area (Å²) < 4.78 is 5.23. The van der Waals surface area contributed by atoms with Crippen molar-refractivity contribution in [1.29, 1.82) is 0 Å². The fraction of sp³-hybridized carbons (Fsp3) is 0.241. The van der Waals surface area contributed by atoms with Crippen molar-refractivity contribution >= 4 is 29.8 Å². The van der Waals surface area contributed by atoms with Crippen molar-refractivity contribution in [3.8, 4) is 0 Å². The summed E-state index contributed by atoms with van der Waals surface area (Å²) >= 11 is 0. The van der Waals surface area contributed by atoms with Gasteiger partial charge in [-0.2, -0.15) is 0 Å². The third-order valence-electron chi connectivity index (χ3n) is 7.57. The predicted octanol–water partition coefficient (Wildman–Crippen LogP) is 4.00. The van der Waals surface area contributed by atoms with Crippen LogP contribution >= 0.6 is 0 Å². The molecule has 0 unspecified atom stereocenters. The Morgan fingerprint density at radius 2 is 1.46 bits per heavy atom. The Kier molecular flexibility index (Phi) is 4.58. The van der Waals surface area contributed by atoms with Gasteiger partial charge < -0.3 is 9.53 Å². The molecular formula is C29H23NO5. The van der Waals surface area contributed by atoms with Crippen molar-refractivity contribution in [3.63, 3.8) is 0 Å². The number of amides is 2. The summed E-state index contributed by atoms with van der Waals surface area (Å²) in [4.78, 5) is 54.2. The lowest BCUT2D eigenvalue weighted by Gasteiger charge is -2.51. The van der Waals surface area contributed by atoms with Crippen LogP contribution < -0.4 is 4.90 Å². The summed E-state index contributed by atoms with van der Waals surface area (Å²) in [5, 5.41) is 0. The molecule has 4 aliphatic rings. The Morgan fingerprint density at radius 1 is 0.886 bits per heavy atom. The van der Waals surface area contributed by atoms with Gasteiger partial charge >= 0.3 is 5.97 Å². The van der Waals surface area contributed by atoms with E-state index in [2.05, 4.69) is 0 Å². The second kappa shape index (κ2) is 7.47. The van der Waals surface area contributed by atoms with E-state index in [-0.39, 0.29) is 17.9 Å². The molecule has 1 aliphatic heterocycles. The van der Waals surface area contributed by atoms with E-state index >= 15 is 0 Å². The Labute approximate surface area is 202 Å². The first-order valence-electron chi connectivity index (χ1n) is 11.7. The summed E-state index contributed by atoms with van der Waals surface area (Å²) in [5.74, 6) is -2.99. The number of benzene rings is 3. The molecule has 6 heteroatoms. The standard InChI is InChI=1S/C29H23NO5/c1-16(2)35-28(34)17-11-13-18(14-12-17)30-26(32)24-23-19-7-3-5-9-21(19)29(15-31,25(24)27(30)33)22-10-6-4-8-20(22)23/h3-16,23-25H,1-2H3/t23?,24-,25+,29?/m1/s1. The monoisotopic (exact) mass is 465 g/mol. The summed E-state index contributed by atoms with van der Waals surface area (Å²) in [6.45, 7) is 3.53. The maximum absolute atomic E-state index is 13.9. The summed E-state index contributed by atoms with van der Waals surface area (Å²) in [6.07, 6.45) is 0.600. The highest BCUT2D eigenvalue weighted by Gasteiger charge is 2.68. The van der Waals surface area contributed by atoms with E-state index in [9.17, 15) is 19.2 Å². The lowest BCUT2D eigenvalue weighted by atomic mass is 9.48. The van der Waals surface area contributed by atoms with Gasteiger partial charge in [-0.05, 0) is 60.4 Å². The molecule has 7 rings (SSSR count). The van der Waals surface area contributed by atoms with Crippen LogP contribution in [0.15, 0.2) is 72.8 Å². The molecule has 35 heavy (non-hydrogen) atoms. The fourth-order valence-corrected chi connectivity index (χ4v) is 6.31. The number of hydrogen-bond acceptors (Lipinski definition) is 5. The highest BCUT2D eigenvalue weighted by Crippen LogP contribution is 2.63. The number of esters is 1. The van der Waals surface area contributed by atoms with Gasteiger partial charge in [0.25, 0.3) is 0 Å². The molecule has 2 bridgehead atoms. The zero-order chi connectivity index (χ0) is 24.5. The second-order valence-electron chi connectivity index (χ2n) is 9.66. The predicted molar refractivity (Wildman–Crippen MR) is 128 cm³/mol. The van der Waals surface area contributed by atoms with Crippen molar-refractivity contribution in [2.75, 3.05) is 4.90 Å². The Morgan fingerprint density at radius 3 is 2.00 bits per heavy atom. The molecule has 0 aromatic heterocycles. The van der Waals surface area contributed by atoms with Gasteiger partial charge in [0.05, 0.1) is 34.6 Å². The molecular weight excluding hydrogens is 442 g/mol. The van der Waals surface area contributed by atoms with E-state index in [1.54, 1.807) is 38.1 Å². The lowest BCUT2D eigenvalue weighted by Crippen LogP contribution is -2.54. The summed E-state index contributed by atoms with van der Waals surface area (Å²) in [5.41, 5.74) is 2.94. The minimum absolute atomic E-state index is 0.259. The molecule has 174 valence electrons. The van der Waals surface area contributed by atoms with Gasteiger partial charge in [-0.3, -0.25) is 9.59 Å². The Bertz CT molecular complexity index is 1360. The van der Waals surface area contributed by atoms with E-state index in [1.165, 1.54) is 4.90 Å². The van der Waals surface area contributed by atoms with Crippen LogP contribution in [0, 0.1) is 11.8 Å². The maximum Gasteiger partial charge on any atom is 0.338 e. The first kappa shape index (κ1) is 21.5. The van der Waals surface area contributed by atoms with Crippen molar-refractivity contribution in [1.82, 2.24) is 0 Å². The van der Waals surface area contributed by atoms with E-state index in [0.717, 1.165) is 28.5 Å². The molecule has 3 aromatic rings. The molecule has 1 saturated heterocycles. The van der Waals surface area contributed by atoms with Gasteiger partial charge in [0, 0.05) is 5.92 Å². The number of anilines is 1. The smallest absolute Gasteiger partial charge is 0.338 e. The summed E-state index contributed by atoms with van der Waals surface area (Å²) in [7, 11) is 0. The number of aldehydes is 1. The molecule has 6 nitrogen and oxygen atoms in total. The molecule has 3 aliphatic carbocycles. The van der Waals surface area contributed by atoms with Crippen LogP contribution in [0.2, 0.25) is 0 Å². The quantitative estimate of drug-likeness (QED) is 0.331. The van der Waals surface area contributed by atoms with Gasteiger partial charge in [-0.1, -0.05) is 48.5 Å². The molecule has 1 fully saturated rings. The van der Waals surface area contributed by atoms with Crippen LogP contribution in [-0.2, 0) is 24.5 Å². The molecule has 3 aromatic carbocycles. The van der Waals surface area contributed by atoms with Gasteiger partial charge in [0.1, 0.15) is 6.29 Å². The first-order chi connectivity index (χ1) is 16.9. The van der Waals surface area contributed by atoms with Gasteiger partial charge in [-0.15, -0.1) is 0 Å². The number of carbonyl (C=O) groups is 4. The minimum Gasteiger partial charge on any atom is -0.459 e. The molecule has 0 spiro atoms. The SMILES string of the molecule is CC(C)OC(=O)c1ccc(N2C(=O)[C@@H]3C4c5ccccc5C(C=O)(c5ccccc54)[C@@H]3C2=O)cc1. The van der Waals surface area contributed by atoms with Crippen molar-refractivity contribution in [3.05, 3.63) is 101 Å². The van der Waals surface area contributed by atoms with Crippen molar-refractivity contribution in [2.24, 2.45) is 11.8 Å². The minimum atomic E-state index is -1.23. The topological polar surface area (TPSA) is 80.8 Å². The third kappa shape index (κ3) is 2.71. The number of carbonyl (C=O) groups excluding carboxylic acids is 4. The van der Waals surface area contributed by atoms with Crippen LogP contribution in [0.5, 0.6) is 0 Å². The average Bonchev–Trinajstić information content (AvgIpc) is 3.14. The van der Waals surface area contributed by atoms with E-state index < -0.39 is 29.1 Å².